The standard InChI is InChI=1S/C19H27N3O4S/c1-14(23)20-17-6-8-18(9-7-17)27(25,26)22-12-10-15(11-13-22)19(24)21-16-4-2-3-5-16/h6-9,15-16H,2-5,10-13H2,1H3,(H,20,23)(H,21,24). The van der Waals surface area contributed by atoms with Crippen molar-refractivity contribution in [3.63, 3.8) is 0 Å². The molecule has 0 bridgehead atoms. The molecular weight excluding hydrogens is 366 g/mol. The Bertz CT molecular complexity index is 778. The molecule has 1 aromatic carbocycles. The lowest BCUT2D eigenvalue weighted by molar-refractivity contribution is -0.126. The van der Waals surface area contributed by atoms with Crippen LogP contribution in [0.5, 0.6) is 0 Å². The molecule has 2 fully saturated rings. The predicted molar refractivity (Wildman–Crippen MR) is 103 cm³/mol. The smallest absolute Gasteiger partial charge is 0.243 e. The van der Waals surface area contributed by atoms with Crippen LogP contribution in [0.25, 0.3) is 0 Å². The van der Waals surface area contributed by atoms with Crippen LogP contribution >= 0.6 is 0 Å². The van der Waals surface area contributed by atoms with E-state index in [0.717, 1.165) is 12.8 Å². The Balaban J connectivity index is 1.57. The highest BCUT2D eigenvalue weighted by molar-refractivity contribution is 7.89. The molecule has 1 heterocycles. The SMILES string of the molecule is CC(=O)Nc1ccc(S(=O)(=O)N2CCC(C(=O)NC3CCCC3)CC2)cc1. The molecule has 1 saturated carbocycles. The van der Waals surface area contributed by atoms with Gasteiger partial charge in [-0.3, -0.25) is 9.59 Å². The Morgan fingerprint density at radius 2 is 1.59 bits per heavy atom. The first-order valence-corrected chi connectivity index (χ1v) is 11.0. The Hall–Kier alpha value is -1.93. The van der Waals surface area contributed by atoms with E-state index in [-0.39, 0.29) is 22.6 Å². The summed E-state index contributed by atoms with van der Waals surface area (Å²) in [4.78, 5) is 23.7. The number of rotatable bonds is 5. The highest BCUT2D eigenvalue weighted by atomic mass is 32.2. The van der Waals surface area contributed by atoms with Gasteiger partial charge in [0.1, 0.15) is 0 Å². The maximum absolute atomic E-state index is 12.8. The molecule has 27 heavy (non-hydrogen) atoms. The molecular formula is C19H27N3O4S. The van der Waals surface area contributed by atoms with E-state index in [1.807, 2.05) is 0 Å². The first kappa shape index (κ1) is 19.8. The highest BCUT2D eigenvalue weighted by Crippen LogP contribution is 2.26. The third-order valence-corrected chi connectivity index (χ3v) is 7.25. The van der Waals surface area contributed by atoms with E-state index in [9.17, 15) is 18.0 Å². The lowest BCUT2D eigenvalue weighted by Crippen LogP contribution is -2.44. The number of carbonyl (C=O) groups excluding carboxylic acids is 2. The quantitative estimate of drug-likeness (QED) is 0.801. The van der Waals surface area contributed by atoms with Crippen LogP contribution in [0, 0.1) is 5.92 Å². The van der Waals surface area contributed by atoms with Crippen LogP contribution in [0.1, 0.15) is 45.4 Å². The van der Waals surface area contributed by atoms with Crippen molar-refractivity contribution in [1.29, 1.82) is 0 Å². The van der Waals surface area contributed by atoms with Crippen LogP contribution in [-0.2, 0) is 19.6 Å². The first-order valence-electron chi connectivity index (χ1n) is 9.54. The lowest BCUT2D eigenvalue weighted by Gasteiger charge is -2.31. The van der Waals surface area contributed by atoms with Crippen LogP contribution < -0.4 is 10.6 Å². The number of amides is 2. The van der Waals surface area contributed by atoms with Crippen molar-refractivity contribution in [2.24, 2.45) is 5.92 Å². The minimum Gasteiger partial charge on any atom is -0.353 e. The zero-order valence-corrected chi connectivity index (χ0v) is 16.4. The van der Waals surface area contributed by atoms with E-state index in [0.29, 0.717) is 37.7 Å². The Kier molecular flexibility index (Phi) is 6.16. The molecule has 0 radical (unpaired) electrons. The molecule has 1 saturated heterocycles. The number of anilines is 1. The zero-order chi connectivity index (χ0) is 19.4. The maximum Gasteiger partial charge on any atom is 0.243 e. The number of sulfonamides is 1. The zero-order valence-electron chi connectivity index (χ0n) is 15.6. The molecule has 0 unspecified atom stereocenters. The number of hydrogen-bond acceptors (Lipinski definition) is 4. The monoisotopic (exact) mass is 393 g/mol. The van der Waals surface area contributed by atoms with Gasteiger partial charge in [0.05, 0.1) is 4.90 Å². The predicted octanol–water partition coefficient (Wildman–Crippen LogP) is 2.10. The minimum atomic E-state index is -3.59. The van der Waals surface area contributed by atoms with Crippen molar-refractivity contribution in [3.05, 3.63) is 24.3 Å². The summed E-state index contributed by atoms with van der Waals surface area (Å²) in [5, 5.41) is 5.73. The molecule has 2 N–H and O–H groups in total. The number of nitrogens with one attached hydrogen (secondary N) is 2. The average molecular weight is 394 g/mol. The molecule has 3 rings (SSSR count). The summed E-state index contributed by atoms with van der Waals surface area (Å²) in [5.41, 5.74) is 0.559. The Labute approximate surface area is 160 Å². The Morgan fingerprint density at radius 1 is 1.00 bits per heavy atom. The topological polar surface area (TPSA) is 95.6 Å². The summed E-state index contributed by atoms with van der Waals surface area (Å²) in [6.07, 6.45) is 5.52. The molecule has 2 aliphatic rings. The number of hydrogen-bond donors (Lipinski definition) is 2. The van der Waals surface area contributed by atoms with E-state index in [4.69, 9.17) is 0 Å². The van der Waals surface area contributed by atoms with Crippen molar-refractivity contribution >= 4 is 27.5 Å². The van der Waals surface area contributed by atoms with Gasteiger partial charge in [0.25, 0.3) is 0 Å². The second-order valence-electron chi connectivity index (χ2n) is 7.37. The second-order valence-corrected chi connectivity index (χ2v) is 9.31. The van der Waals surface area contributed by atoms with Gasteiger partial charge in [-0.15, -0.1) is 0 Å². The van der Waals surface area contributed by atoms with Gasteiger partial charge >= 0.3 is 0 Å². The number of nitrogens with zero attached hydrogens (tertiary/aromatic N) is 1. The van der Waals surface area contributed by atoms with Crippen molar-refractivity contribution < 1.29 is 18.0 Å². The van der Waals surface area contributed by atoms with Crippen molar-refractivity contribution in [3.8, 4) is 0 Å². The van der Waals surface area contributed by atoms with E-state index in [1.165, 1.54) is 36.2 Å². The van der Waals surface area contributed by atoms with Crippen LogP contribution in [0.3, 0.4) is 0 Å². The Morgan fingerprint density at radius 3 is 2.15 bits per heavy atom. The lowest BCUT2D eigenvalue weighted by atomic mass is 9.97. The fourth-order valence-corrected chi connectivity index (χ4v) is 5.28. The van der Waals surface area contributed by atoms with Crippen LogP contribution in [0.2, 0.25) is 0 Å². The maximum atomic E-state index is 12.8. The summed E-state index contributed by atoms with van der Waals surface area (Å²) < 4.78 is 27.1. The van der Waals surface area contributed by atoms with Gasteiger partial charge in [0.15, 0.2) is 0 Å². The third-order valence-electron chi connectivity index (χ3n) is 5.34. The molecule has 0 atom stereocenters. The summed E-state index contributed by atoms with van der Waals surface area (Å²) in [5.74, 6) is -0.249. The fourth-order valence-electron chi connectivity index (χ4n) is 3.81. The van der Waals surface area contributed by atoms with E-state index in [2.05, 4.69) is 10.6 Å². The van der Waals surface area contributed by atoms with Gasteiger partial charge in [-0.2, -0.15) is 4.31 Å². The van der Waals surface area contributed by atoms with Crippen molar-refractivity contribution in [2.45, 2.75) is 56.4 Å². The normalized spacial score (nSPS) is 19.7. The van der Waals surface area contributed by atoms with Crippen molar-refractivity contribution in [1.82, 2.24) is 9.62 Å². The van der Waals surface area contributed by atoms with Crippen molar-refractivity contribution in [2.75, 3.05) is 18.4 Å². The van der Waals surface area contributed by atoms with Gasteiger partial charge in [-0.1, -0.05) is 12.8 Å². The first-order chi connectivity index (χ1) is 12.9. The molecule has 7 nitrogen and oxygen atoms in total. The third kappa shape index (κ3) is 4.87. The summed E-state index contributed by atoms with van der Waals surface area (Å²) in [6.45, 7) is 2.09. The molecule has 0 aromatic heterocycles. The van der Waals surface area contributed by atoms with Crippen LogP contribution in [-0.4, -0.2) is 43.7 Å². The van der Waals surface area contributed by atoms with E-state index < -0.39 is 10.0 Å². The number of benzene rings is 1. The minimum absolute atomic E-state index is 0.0682. The highest BCUT2D eigenvalue weighted by Gasteiger charge is 2.33. The molecule has 1 aliphatic carbocycles. The summed E-state index contributed by atoms with van der Waals surface area (Å²) in [7, 11) is -3.59. The van der Waals surface area contributed by atoms with E-state index >= 15 is 0 Å². The molecule has 2 amide bonds. The number of piperidine rings is 1. The van der Waals surface area contributed by atoms with Crippen LogP contribution in [0.4, 0.5) is 5.69 Å². The van der Waals surface area contributed by atoms with Gasteiger partial charge in [-0.05, 0) is 49.9 Å². The van der Waals surface area contributed by atoms with Gasteiger partial charge < -0.3 is 10.6 Å². The molecule has 1 aromatic rings. The summed E-state index contributed by atoms with van der Waals surface area (Å²) in [6, 6.07) is 6.45. The van der Waals surface area contributed by atoms with E-state index in [1.54, 1.807) is 12.1 Å². The molecule has 148 valence electrons. The average Bonchev–Trinajstić information content (AvgIpc) is 3.15. The van der Waals surface area contributed by atoms with Gasteiger partial charge in [-0.25, -0.2) is 8.42 Å². The summed E-state index contributed by atoms with van der Waals surface area (Å²) >= 11 is 0. The molecule has 1 aliphatic heterocycles. The second kappa shape index (κ2) is 8.39. The van der Waals surface area contributed by atoms with Crippen LogP contribution in [0.15, 0.2) is 29.2 Å². The van der Waals surface area contributed by atoms with Gasteiger partial charge in [0.2, 0.25) is 21.8 Å². The van der Waals surface area contributed by atoms with Gasteiger partial charge in [0, 0.05) is 37.7 Å². The molecule has 8 heteroatoms. The fraction of sp³-hybridized carbons (Fsp3) is 0.579. The largest absolute Gasteiger partial charge is 0.353 e. The molecule has 0 spiro atoms. The number of carbonyl (C=O) groups is 2.